The highest BCUT2D eigenvalue weighted by molar-refractivity contribution is 5.80. The largest absolute Gasteiger partial charge is 0.356 e. The van der Waals surface area contributed by atoms with Crippen molar-refractivity contribution in [2.24, 2.45) is 5.92 Å². The maximum Gasteiger partial charge on any atom is 0.223 e. The third kappa shape index (κ3) is 2.30. The summed E-state index contributed by atoms with van der Waals surface area (Å²) in [4.78, 5) is 18.7. The molecular weight excluding hydrogens is 214 g/mol. The molecule has 3 rings (SSSR count). The molecule has 0 saturated heterocycles. The molecule has 4 heteroatoms. The first-order valence-corrected chi connectivity index (χ1v) is 6.02. The summed E-state index contributed by atoms with van der Waals surface area (Å²) in [6.07, 6.45) is 4.69. The van der Waals surface area contributed by atoms with Crippen molar-refractivity contribution in [1.29, 1.82) is 0 Å². The maximum atomic E-state index is 11.4. The number of amides is 1. The van der Waals surface area contributed by atoms with Crippen molar-refractivity contribution in [2.75, 3.05) is 6.54 Å². The van der Waals surface area contributed by atoms with E-state index in [1.807, 2.05) is 6.07 Å². The minimum Gasteiger partial charge on any atom is -0.356 e. The van der Waals surface area contributed by atoms with Gasteiger partial charge in [-0.25, -0.2) is 4.98 Å². The van der Waals surface area contributed by atoms with Gasteiger partial charge in [-0.3, -0.25) is 4.79 Å². The Hall–Kier alpha value is -1.84. The summed E-state index contributed by atoms with van der Waals surface area (Å²) in [6, 6.07) is 6.15. The molecule has 0 aliphatic heterocycles. The third-order valence-corrected chi connectivity index (χ3v) is 3.15. The van der Waals surface area contributed by atoms with Crippen LogP contribution in [0.3, 0.4) is 0 Å². The van der Waals surface area contributed by atoms with E-state index in [0.717, 1.165) is 36.8 Å². The molecule has 1 aromatic carbocycles. The summed E-state index contributed by atoms with van der Waals surface area (Å²) in [6.45, 7) is 0.717. The zero-order valence-corrected chi connectivity index (χ0v) is 9.57. The van der Waals surface area contributed by atoms with E-state index in [1.54, 1.807) is 6.33 Å². The van der Waals surface area contributed by atoms with E-state index >= 15 is 0 Å². The van der Waals surface area contributed by atoms with E-state index in [-0.39, 0.29) is 5.91 Å². The number of benzene rings is 1. The molecule has 0 spiro atoms. The molecule has 2 N–H and O–H groups in total. The zero-order chi connectivity index (χ0) is 11.7. The van der Waals surface area contributed by atoms with E-state index in [1.165, 1.54) is 5.56 Å². The molecule has 1 amide bonds. The smallest absolute Gasteiger partial charge is 0.223 e. The van der Waals surface area contributed by atoms with Crippen LogP contribution in [0.4, 0.5) is 0 Å². The molecule has 0 bridgehead atoms. The van der Waals surface area contributed by atoms with Gasteiger partial charge in [-0.15, -0.1) is 0 Å². The second-order valence-corrected chi connectivity index (χ2v) is 4.57. The molecule has 0 unspecified atom stereocenters. The Balaban J connectivity index is 1.58. The molecule has 1 aliphatic rings. The van der Waals surface area contributed by atoms with Crippen molar-refractivity contribution in [3.63, 3.8) is 0 Å². The fourth-order valence-corrected chi connectivity index (χ4v) is 1.96. The molecule has 4 nitrogen and oxygen atoms in total. The monoisotopic (exact) mass is 229 g/mol. The number of fused-ring (bicyclic) bond motifs is 1. The van der Waals surface area contributed by atoms with Crippen LogP contribution in [0.25, 0.3) is 11.0 Å². The Morgan fingerprint density at radius 2 is 2.35 bits per heavy atom. The van der Waals surface area contributed by atoms with Gasteiger partial charge in [-0.1, -0.05) is 6.07 Å². The van der Waals surface area contributed by atoms with Crippen LogP contribution in [0, 0.1) is 5.92 Å². The van der Waals surface area contributed by atoms with Crippen molar-refractivity contribution in [3.05, 3.63) is 30.1 Å². The number of carbonyl (C=O) groups excluding carboxylic acids is 1. The maximum absolute atomic E-state index is 11.4. The highest BCUT2D eigenvalue weighted by Crippen LogP contribution is 2.28. The Kier molecular flexibility index (Phi) is 2.55. The SMILES string of the molecule is O=C(NCCc1ccc2nc[nH]c2c1)C1CC1. The molecule has 1 saturated carbocycles. The van der Waals surface area contributed by atoms with Gasteiger partial charge in [-0.2, -0.15) is 0 Å². The van der Waals surface area contributed by atoms with Gasteiger partial charge >= 0.3 is 0 Å². The second kappa shape index (κ2) is 4.20. The fraction of sp³-hybridized carbons (Fsp3) is 0.385. The molecule has 0 atom stereocenters. The Bertz CT molecular complexity index is 542. The van der Waals surface area contributed by atoms with E-state index in [9.17, 15) is 4.79 Å². The summed E-state index contributed by atoms with van der Waals surface area (Å²) < 4.78 is 0. The Labute approximate surface area is 99.4 Å². The van der Waals surface area contributed by atoms with Gasteiger partial charge in [0.2, 0.25) is 5.91 Å². The summed E-state index contributed by atoms with van der Waals surface area (Å²) in [5, 5.41) is 2.97. The van der Waals surface area contributed by atoms with Crippen molar-refractivity contribution in [3.8, 4) is 0 Å². The number of aromatic amines is 1. The van der Waals surface area contributed by atoms with Gasteiger partial charge in [0, 0.05) is 12.5 Å². The number of hydrogen-bond donors (Lipinski definition) is 2. The van der Waals surface area contributed by atoms with E-state index in [2.05, 4.69) is 27.4 Å². The summed E-state index contributed by atoms with van der Waals surface area (Å²) in [5.74, 6) is 0.512. The number of carbonyl (C=O) groups is 1. The molecule has 0 radical (unpaired) electrons. The average molecular weight is 229 g/mol. The minimum atomic E-state index is 0.215. The van der Waals surface area contributed by atoms with E-state index < -0.39 is 0 Å². The lowest BCUT2D eigenvalue weighted by atomic mass is 10.1. The fourth-order valence-electron chi connectivity index (χ4n) is 1.96. The molecule has 1 aliphatic carbocycles. The summed E-state index contributed by atoms with van der Waals surface area (Å²) in [7, 11) is 0. The first-order chi connectivity index (χ1) is 8.33. The van der Waals surface area contributed by atoms with Crippen LogP contribution in [-0.2, 0) is 11.2 Å². The van der Waals surface area contributed by atoms with Gasteiger partial charge in [0.15, 0.2) is 0 Å². The average Bonchev–Trinajstić information content (AvgIpc) is 3.08. The lowest BCUT2D eigenvalue weighted by Gasteiger charge is -2.04. The van der Waals surface area contributed by atoms with Crippen molar-refractivity contribution >= 4 is 16.9 Å². The molecule has 17 heavy (non-hydrogen) atoms. The van der Waals surface area contributed by atoms with Crippen molar-refractivity contribution < 1.29 is 4.79 Å². The van der Waals surface area contributed by atoms with Crippen molar-refractivity contribution in [1.82, 2.24) is 15.3 Å². The molecule has 1 aromatic heterocycles. The van der Waals surface area contributed by atoms with Crippen LogP contribution in [0.1, 0.15) is 18.4 Å². The molecule has 1 heterocycles. The number of hydrogen-bond acceptors (Lipinski definition) is 2. The van der Waals surface area contributed by atoms with Gasteiger partial charge < -0.3 is 10.3 Å². The van der Waals surface area contributed by atoms with Gasteiger partial charge in [0.05, 0.1) is 17.4 Å². The predicted molar refractivity (Wildman–Crippen MR) is 65.5 cm³/mol. The van der Waals surface area contributed by atoms with E-state index in [0.29, 0.717) is 5.92 Å². The summed E-state index contributed by atoms with van der Waals surface area (Å²) in [5.41, 5.74) is 3.25. The van der Waals surface area contributed by atoms with Gasteiger partial charge in [-0.05, 0) is 37.0 Å². The lowest BCUT2D eigenvalue weighted by molar-refractivity contribution is -0.122. The van der Waals surface area contributed by atoms with Crippen molar-refractivity contribution in [2.45, 2.75) is 19.3 Å². The number of aromatic nitrogens is 2. The quantitative estimate of drug-likeness (QED) is 0.837. The topological polar surface area (TPSA) is 57.8 Å². The number of imidazole rings is 1. The first-order valence-electron chi connectivity index (χ1n) is 6.02. The van der Waals surface area contributed by atoms with Crippen LogP contribution in [0.2, 0.25) is 0 Å². The standard InChI is InChI=1S/C13H15N3O/c17-13(10-2-3-10)14-6-5-9-1-4-11-12(7-9)16-8-15-11/h1,4,7-8,10H,2-3,5-6H2,(H,14,17)(H,15,16). The Morgan fingerprint density at radius 1 is 1.47 bits per heavy atom. The number of nitrogens with one attached hydrogen (secondary N) is 2. The van der Waals surface area contributed by atoms with Crippen LogP contribution < -0.4 is 5.32 Å². The van der Waals surface area contributed by atoms with Crippen LogP contribution >= 0.6 is 0 Å². The van der Waals surface area contributed by atoms with E-state index in [4.69, 9.17) is 0 Å². The number of nitrogens with zero attached hydrogens (tertiary/aromatic N) is 1. The van der Waals surface area contributed by atoms with Crippen LogP contribution in [-0.4, -0.2) is 22.4 Å². The number of H-pyrrole nitrogens is 1. The highest BCUT2D eigenvalue weighted by atomic mass is 16.2. The third-order valence-electron chi connectivity index (χ3n) is 3.15. The molecule has 88 valence electrons. The second-order valence-electron chi connectivity index (χ2n) is 4.57. The zero-order valence-electron chi connectivity index (χ0n) is 9.57. The molecule has 2 aromatic rings. The Morgan fingerprint density at radius 3 is 3.18 bits per heavy atom. The minimum absolute atomic E-state index is 0.215. The summed E-state index contributed by atoms with van der Waals surface area (Å²) >= 11 is 0. The predicted octanol–water partition coefficient (Wildman–Crippen LogP) is 1.63. The highest BCUT2D eigenvalue weighted by Gasteiger charge is 2.28. The number of rotatable bonds is 4. The lowest BCUT2D eigenvalue weighted by Crippen LogP contribution is -2.26. The van der Waals surface area contributed by atoms with Gasteiger partial charge in [0.25, 0.3) is 0 Å². The van der Waals surface area contributed by atoms with Gasteiger partial charge in [0.1, 0.15) is 0 Å². The first kappa shape index (κ1) is 10.3. The van der Waals surface area contributed by atoms with Crippen LogP contribution in [0.15, 0.2) is 24.5 Å². The van der Waals surface area contributed by atoms with Crippen LogP contribution in [0.5, 0.6) is 0 Å². The normalized spacial score (nSPS) is 15.1. The molecular formula is C13H15N3O. The molecule has 1 fully saturated rings.